The third kappa shape index (κ3) is 12.9. The summed E-state index contributed by atoms with van der Waals surface area (Å²) >= 11 is 2.12. The van der Waals surface area contributed by atoms with Gasteiger partial charge in [-0.05, 0) is 200 Å². The number of aliphatic carboxylic acids is 2. The van der Waals surface area contributed by atoms with Crippen molar-refractivity contribution < 1.29 is 24.4 Å². The van der Waals surface area contributed by atoms with E-state index in [2.05, 4.69) is 181 Å². The Hall–Kier alpha value is -4.88. The Labute approximate surface area is 493 Å². The lowest BCUT2D eigenvalue weighted by atomic mass is 9.47. The van der Waals surface area contributed by atoms with Crippen LogP contribution >= 0.6 is 11.8 Å². The maximum absolute atomic E-state index is 11.9. The number of fused-ring (bicyclic) bond motifs is 6. The molecule has 7 heteroatoms. The summed E-state index contributed by atoms with van der Waals surface area (Å²) < 4.78 is 2.57. The van der Waals surface area contributed by atoms with Crippen molar-refractivity contribution >= 4 is 62.3 Å². The first-order chi connectivity index (χ1) is 39.1. The molecule has 9 rings (SSSR count). The Bertz CT molecular complexity index is 2990. The van der Waals surface area contributed by atoms with Crippen LogP contribution < -0.4 is 4.90 Å². The molecule has 0 amide bonds. The monoisotopic (exact) mass is 1110 g/mol. The second kappa shape index (κ2) is 27.2. The number of carbonyl (C=O) groups is 2. The van der Waals surface area contributed by atoms with E-state index in [1.807, 2.05) is 0 Å². The Kier molecular flexibility index (Phi) is 20.4. The molecule has 81 heavy (non-hydrogen) atoms. The molecule has 6 nitrogen and oxygen atoms in total. The molecule has 2 N–H and O–H groups in total. The van der Waals surface area contributed by atoms with Crippen molar-refractivity contribution in [3.8, 4) is 0 Å². The number of hydrogen-bond donors (Lipinski definition) is 2. The average Bonchev–Trinajstić information content (AvgIpc) is 3.98. The SMILES string of the molecule is CCCCCCSC1=C(C=CC2=[N+](CCCCCC(=O)O)c3ccc4ccccc4c3C2(C)C)CCCC1=CC=C1N(CCCCCC(=O)O)c2ccc3ccccc3c2C1(C1CC(C)CCC1C(C)C)C1CC(C)CCC1C(C)C. The molecule has 2 fully saturated rings. The maximum Gasteiger partial charge on any atom is 0.303 e. The second-order valence-electron chi connectivity index (χ2n) is 27.0. The van der Waals surface area contributed by atoms with Gasteiger partial charge in [0.25, 0.3) is 0 Å². The average molecular weight is 1110 g/mol. The Morgan fingerprint density at radius 1 is 0.679 bits per heavy atom. The standard InChI is InChI=1S/C74H100N2O4S/c1-10-11-12-23-47-81-72-56(37-43-66-73(8,9)70-60-29-19-17-25-54(60)35-41-64(70)75(66)45-21-13-15-31-68(77)78)27-24-28-57(72)38-44-67-74(62-48-52(6)33-39-58(62)50(2)3,63-49-53(7)34-40-59(63)51(4)5)71-61-30-20-18-26-55(61)36-42-65(71)76(67)46-22-14-16-32-69(79)80/h17-20,25-26,29-30,35-38,41-44,50-53,58-59,62-63H,10-16,21-24,27-28,31-34,39-40,45-49H2,1-9H3,(H-,77,78,79,80)/p+1. The van der Waals surface area contributed by atoms with Gasteiger partial charge in [-0.1, -0.05) is 154 Å². The number of nitrogens with zero attached hydrogens (tertiary/aromatic N) is 2. The van der Waals surface area contributed by atoms with Crippen LogP contribution in [0.15, 0.2) is 119 Å². The number of hydrogen-bond acceptors (Lipinski definition) is 4. The Morgan fingerprint density at radius 2 is 1.27 bits per heavy atom. The molecule has 3 aliphatic carbocycles. The lowest BCUT2D eigenvalue weighted by Gasteiger charge is -2.57. The summed E-state index contributed by atoms with van der Waals surface area (Å²) in [6.07, 6.45) is 31.7. The first-order valence-electron chi connectivity index (χ1n) is 32.4. The molecule has 2 aliphatic heterocycles. The van der Waals surface area contributed by atoms with Crippen LogP contribution in [0.2, 0.25) is 0 Å². The largest absolute Gasteiger partial charge is 0.481 e. The number of allylic oxidation sites excluding steroid dienone is 7. The van der Waals surface area contributed by atoms with Gasteiger partial charge >= 0.3 is 11.9 Å². The zero-order chi connectivity index (χ0) is 57.4. The lowest BCUT2D eigenvalue weighted by Crippen LogP contribution is -2.54. The minimum absolute atomic E-state index is 0.211. The van der Waals surface area contributed by atoms with Crippen molar-refractivity contribution in [3.05, 3.63) is 130 Å². The van der Waals surface area contributed by atoms with E-state index in [4.69, 9.17) is 0 Å². The molecule has 5 aliphatic rings. The van der Waals surface area contributed by atoms with Crippen LogP contribution in [0.25, 0.3) is 21.5 Å². The van der Waals surface area contributed by atoms with Gasteiger partial charge in [0, 0.05) is 65.2 Å². The molecule has 0 spiro atoms. The summed E-state index contributed by atoms with van der Waals surface area (Å²) in [7, 11) is 0. The minimum atomic E-state index is -0.713. The van der Waals surface area contributed by atoms with Crippen LogP contribution in [0.1, 0.15) is 208 Å². The van der Waals surface area contributed by atoms with E-state index >= 15 is 0 Å². The van der Waals surface area contributed by atoms with Crippen LogP contribution in [-0.4, -0.2) is 51.3 Å². The molecule has 2 saturated carbocycles. The van der Waals surface area contributed by atoms with Crippen LogP contribution in [0, 0.1) is 47.3 Å². The zero-order valence-corrected chi connectivity index (χ0v) is 52.2. The highest BCUT2D eigenvalue weighted by Crippen LogP contribution is 2.67. The molecule has 0 saturated heterocycles. The van der Waals surface area contributed by atoms with Gasteiger partial charge in [0.15, 0.2) is 5.71 Å². The molecule has 0 bridgehead atoms. The van der Waals surface area contributed by atoms with Crippen molar-refractivity contribution in [2.24, 2.45) is 47.3 Å². The summed E-state index contributed by atoms with van der Waals surface area (Å²) in [4.78, 5) is 27.7. The first-order valence-corrected chi connectivity index (χ1v) is 33.4. The van der Waals surface area contributed by atoms with Gasteiger partial charge in [0.05, 0.1) is 5.41 Å². The van der Waals surface area contributed by atoms with Crippen molar-refractivity contribution in [3.63, 3.8) is 0 Å². The molecule has 4 aromatic carbocycles. The number of rotatable bonds is 25. The highest BCUT2D eigenvalue weighted by molar-refractivity contribution is 8.03. The smallest absolute Gasteiger partial charge is 0.303 e. The van der Waals surface area contributed by atoms with Crippen molar-refractivity contribution in [2.45, 2.75) is 208 Å². The quantitative estimate of drug-likeness (QED) is 0.0508. The fourth-order valence-corrected chi connectivity index (χ4v) is 17.8. The fourth-order valence-electron chi connectivity index (χ4n) is 16.5. The predicted octanol–water partition coefficient (Wildman–Crippen LogP) is 20.0. The molecule has 0 radical (unpaired) electrons. The molecule has 4 aromatic rings. The van der Waals surface area contributed by atoms with Crippen LogP contribution in [0.3, 0.4) is 0 Å². The molecular weight excluding hydrogens is 1010 g/mol. The normalized spacial score (nSPS) is 25.9. The molecule has 6 atom stereocenters. The number of carboxylic acid groups (broad SMARTS) is 2. The summed E-state index contributed by atoms with van der Waals surface area (Å²) in [5.41, 5.74) is 11.0. The Balaban J connectivity index is 1.25. The van der Waals surface area contributed by atoms with Crippen LogP contribution in [-0.2, 0) is 20.4 Å². The summed E-state index contributed by atoms with van der Waals surface area (Å²) in [6, 6.07) is 27.8. The van der Waals surface area contributed by atoms with Crippen molar-refractivity contribution in [1.82, 2.24) is 0 Å². The Morgan fingerprint density at radius 3 is 1.89 bits per heavy atom. The van der Waals surface area contributed by atoms with Gasteiger partial charge in [-0.3, -0.25) is 9.59 Å². The molecule has 0 aromatic heterocycles. The van der Waals surface area contributed by atoms with Gasteiger partial charge in [0.1, 0.15) is 6.54 Å². The fraction of sp³-hybridized carbons (Fsp3) is 0.581. The summed E-state index contributed by atoms with van der Waals surface area (Å²) in [5.74, 6) is 4.27. The molecule has 6 unspecified atom stereocenters. The van der Waals surface area contributed by atoms with E-state index in [1.54, 1.807) is 5.56 Å². The van der Waals surface area contributed by atoms with E-state index in [1.165, 1.54) is 130 Å². The maximum atomic E-state index is 11.9. The molecule has 2 heterocycles. The van der Waals surface area contributed by atoms with Gasteiger partial charge in [-0.15, -0.1) is 11.8 Å². The highest BCUT2D eigenvalue weighted by atomic mass is 32.2. The molecule has 436 valence electrons. The van der Waals surface area contributed by atoms with Crippen LogP contribution in [0.4, 0.5) is 11.4 Å². The van der Waals surface area contributed by atoms with E-state index in [0.29, 0.717) is 60.2 Å². The lowest BCUT2D eigenvalue weighted by molar-refractivity contribution is -0.438. The topological polar surface area (TPSA) is 80.9 Å². The van der Waals surface area contributed by atoms with Crippen LogP contribution in [0.5, 0.6) is 0 Å². The predicted molar refractivity (Wildman–Crippen MR) is 344 cm³/mol. The van der Waals surface area contributed by atoms with Gasteiger partial charge in [-0.2, -0.15) is 4.58 Å². The van der Waals surface area contributed by atoms with E-state index in [0.717, 1.165) is 63.8 Å². The first kappa shape index (κ1) is 60.7. The van der Waals surface area contributed by atoms with E-state index < -0.39 is 11.9 Å². The third-order valence-corrected chi connectivity index (χ3v) is 21.7. The second-order valence-corrected chi connectivity index (χ2v) is 28.1. The van der Waals surface area contributed by atoms with Gasteiger partial charge in [0.2, 0.25) is 5.69 Å². The number of benzene rings is 4. The number of thioether (sulfide) groups is 1. The van der Waals surface area contributed by atoms with E-state index in [9.17, 15) is 19.8 Å². The highest BCUT2D eigenvalue weighted by Gasteiger charge is 2.61. The number of unbranched alkanes of at least 4 members (excludes halogenated alkanes) is 7. The zero-order valence-electron chi connectivity index (χ0n) is 51.3. The van der Waals surface area contributed by atoms with Gasteiger partial charge in [-0.25, -0.2) is 0 Å². The van der Waals surface area contributed by atoms with E-state index in [-0.39, 0.29) is 23.7 Å². The summed E-state index contributed by atoms with van der Waals surface area (Å²) in [6.45, 7) is 24.2. The van der Waals surface area contributed by atoms with Gasteiger partial charge < -0.3 is 15.1 Å². The number of anilines is 1. The van der Waals surface area contributed by atoms with Crippen molar-refractivity contribution in [1.29, 1.82) is 0 Å². The minimum Gasteiger partial charge on any atom is -0.481 e. The third-order valence-electron chi connectivity index (χ3n) is 20.4. The molecular formula is C74H101N2O4S+. The van der Waals surface area contributed by atoms with Crippen molar-refractivity contribution in [2.75, 3.05) is 23.7 Å². The number of carboxylic acids is 2. The summed E-state index contributed by atoms with van der Waals surface area (Å²) in [5, 5.41) is 24.6.